The van der Waals surface area contributed by atoms with Crippen LogP contribution in [0.1, 0.15) is 13.3 Å². The number of hydrogen-bond donors (Lipinski definition) is 1. The van der Waals surface area contributed by atoms with Gasteiger partial charge in [0.2, 0.25) is 0 Å². The Balaban J connectivity index is 2.43. The van der Waals surface area contributed by atoms with Crippen LogP contribution in [0.15, 0.2) is 0 Å². The van der Waals surface area contributed by atoms with Crippen LogP contribution < -0.4 is 0 Å². The number of aliphatic hydroxyl groups excluding tert-OH is 1. The molecule has 0 unspecified atom stereocenters. The van der Waals surface area contributed by atoms with Crippen molar-refractivity contribution in [3.63, 3.8) is 0 Å². The van der Waals surface area contributed by atoms with Gasteiger partial charge in [-0.05, 0) is 39.8 Å². The molecule has 1 atom stereocenters. The molecule has 0 bridgehead atoms. The maximum absolute atomic E-state index is 9.69. The molecule has 1 rings (SSSR count). The SMILES string of the molecule is CC[C@H](O)[C]1[CH][CH][CH][C]1CN(C)C. The zero-order chi connectivity index (χ0) is 9.84. The van der Waals surface area contributed by atoms with Crippen LogP contribution in [0.4, 0.5) is 0 Å². The van der Waals surface area contributed by atoms with E-state index in [1.54, 1.807) is 0 Å². The molecule has 13 heavy (non-hydrogen) atoms. The Morgan fingerprint density at radius 2 is 2.08 bits per heavy atom. The first-order valence-corrected chi connectivity index (χ1v) is 4.72. The topological polar surface area (TPSA) is 23.5 Å². The van der Waals surface area contributed by atoms with Crippen molar-refractivity contribution in [3.8, 4) is 0 Å². The quantitative estimate of drug-likeness (QED) is 0.700. The van der Waals surface area contributed by atoms with Crippen molar-refractivity contribution < 1.29 is 5.11 Å². The lowest BCUT2D eigenvalue weighted by Crippen LogP contribution is -2.28. The summed E-state index contributed by atoms with van der Waals surface area (Å²) < 4.78 is 0. The van der Waals surface area contributed by atoms with Crippen LogP contribution in [-0.2, 0) is 0 Å². The van der Waals surface area contributed by atoms with Crippen molar-refractivity contribution in [2.45, 2.75) is 19.4 Å². The Labute approximate surface area is 81.9 Å². The van der Waals surface area contributed by atoms with Crippen molar-refractivity contribution in [2.75, 3.05) is 20.6 Å². The van der Waals surface area contributed by atoms with Crippen molar-refractivity contribution in [1.82, 2.24) is 4.90 Å². The molecule has 73 valence electrons. The lowest BCUT2D eigenvalue weighted by Gasteiger charge is -2.24. The zero-order valence-electron chi connectivity index (χ0n) is 8.62. The van der Waals surface area contributed by atoms with Gasteiger partial charge in [-0.3, -0.25) is 0 Å². The second-order valence-corrected chi connectivity index (χ2v) is 3.67. The summed E-state index contributed by atoms with van der Waals surface area (Å²) in [6, 6.07) is 0. The van der Waals surface area contributed by atoms with E-state index in [1.807, 2.05) is 33.9 Å². The average Bonchev–Trinajstić information content (AvgIpc) is 2.50. The van der Waals surface area contributed by atoms with Gasteiger partial charge in [-0.25, -0.2) is 0 Å². The molecule has 1 saturated carbocycles. The van der Waals surface area contributed by atoms with E-state index in [-0.39, 0.29) is 6.10 Å². The third-order valence-electron chi connectivity index (χ3n) is 2.18. The van der Waals surface area contributed by atoms with Gasteiger partial charge in [-0.2, -0.15) is 0 Å². The lowest BCUT2D eigenvalue weighted by atomic mass is 9.89. The highest BCUT2D eigenvalue weighted by Crippen LogP contribution is 2.36. The van der Waals surface area contributed by atoms with E-state index in [0.717, 1.165) is 18.9 Å². The fraction of sp³-hybridized carbons (Fsp3) is 0.545. The van der Waals surface area contributed by atoms with Crippen molar-refractivity contribution in [1.29, 1.82) is 0 Å². The van der Waals surface area contributed by atoms with Gasteiger partial charge in [0, 0.05) is 18.4 Å². The van der Waals surface area contributed by atoms with E-state index in [0.29, 0.717) is 0 Å². The van der Waals surface area contributed by atoms with E-state index in [1.165, 1.54) is 5.92 Å². The van der Waals surface area contributed by atoms with Gasteiger partial charge in [-0.15, -0.1) is 0 Å². The molecule has 2 nitrogen and oxygen atoms in total. The molecule has 0 aromatic carbocycles. The summed E-state index contributed by atoms with van der Waals surface area (Å²) in [6.07, 6.45) is 6.57. The summed E-state index contributed by atoms with van der Waals surface area (Å²) >= 11 is 0. The fourth-order valence-electron chi connectivity index (χ4n) is 1.50. The smallest absolute Gasteiger partial charge is 0.0609 e. The predicted octanol–water partition coefficient (Wildman–Crippen LogP) is 1.09. The van der Waals surface area contributed by atoms with Gasteiger partial charge >= 0.3 is 0 Å². The van der Waals surface area contributed by atoms with Crippen LogP contribution in [0, 0.1) is 31.1 Å². The zero-order valence-corrected chi connectivity index (χ0v) is 8.62. The Morgan fingerprint density at radius 3 is 2.62 bits per heavy atom. The number of rotatable bonds is 4. The standard InChI is InChI=1S/C11H18NO/c1-4-11(13)10-7-5-6-9(10)8-12(2)3/h5-7,11,13H,4,8H2,1-3H3/t11-/m0/s1. The van der Waals surface area contributed by atoms with Crippen molar-refractivity contribution in [2.24, 2.45) is 0 Å². The highest BCUT2D eigenvalue weighted by molar-refractivity contribution is 5.46. The maximum atomic E-state index is 9.69. The van der Waals surface area contributed by atoms with Crippen LogP contribution in [0.3, 0.4) is 0 Å². The van der Waals surface area contributed by atoms with Crippen LogP contribution in [-0.4, -0.2) is 36.8 Å². The first-order chi connectivity index (χ1) is 6.15. The van der Waals surface area contributed by atoms with E-state index in [2.05, 4.69) is 11.3 Å². The van der Waals surface area contributed by atoms with E-state index < -0.39 is 0 Å². The third-order valence-corrected chi connectivity index (χ3v) is 2.18. The van der Waals surface area contributed by atoms with Gasteiger partial charge in [0.05, 0.1) is 6.10 Å². The summed E-state index contributed by atoms with van der Waals surface area (Å²) in [4.78, 5) is 2.11. The van der Waals surface area contributed by atoms with Crippen LogP contribution in [0.2, 0.25) is 0 Å². The number of aliphatic hydroxyl groups is 1. The van der Waals surface area contributed by atoms with Gasteiger partial charge < -0.3 is 10.0 Å². The summed E-state index contributed by atoms with van der Waals surface area (Å²) in [5.74, 6) is 2.32. The molecule has 0 aromatic heterocycles. The van der Waals surface area contributed by atoms with Crippen LogP contribution >= 0.6 is 0 Å². The summed E-state index contributed by atoms with van der Waals surface area (Å²) in [7, 11) is 4.07. The van der Waals surface area contributed by atoms with Gasteiger partial charge in [0.1, 0.15) is 0 Å². The molecule has 1 N–H and O–H groups in total. The van der Waals surface area contributed by atoms with E-state index in [9.17, 15) is 5.11 Å². The molecule has 0 aliphatic heterocycles. The Kier molecular flexibility index (Phi) is 4.20. The Hall–Kier alpha value is -0.0800. The van der Waals surface area contributed by atoms with E-state index in [4.69, 9.17) is 0 Å². The van der Waals surface area contributed by atoms with Crippen molar-refractivity contribution in [3.05, 3.63) is 31.1 Å². The molecule has 5 radical (unpaired) electrons. The van der Waals surface area contributed by atoms with Gasteiger partial charge in [0.15, 0.2) is 0 Å². The minimum Gasteiger partial charge on any atom is -0.393 e. The molecule has 2 heteroatoms. The monoisotopic (exact) mass is 180 g/mol. The molecule has 0 amide bonds. The minimum atomic E-state index is -0.301. The number of hydrogen-bond acceptors (Lipinski definition) is 2. The summed E-state index contributed by atoms with van der Waals surface area (Å²) in [6.45, 7) is 2.90. The molecule has 1 fully saturated rings. The van der Waals surface area contributed by atoms with E-state index >= 15 is 0 Å². The molecule has 0 spiro atoms. The molecule has 0 saturated heterocycles. The van der Waals surface area contributed by atoms with Gasteiger partial charge in [-0.1, -0.05) is 6.92 Å². The largest absolute Gasteiger partial charge is 0.393 e. The highest BCUT2D eigenvalue weighted by Gasteiger charge is 2.33. The van der Waals surface area contributed by atoms with Crippen LogP contribution in [0.25, 0.3) is 0 Å². The third kappa shape index (κ3) is 2.96. The average molecular weight is 180 g/mol. The van der Waals surface area contributed by atoms with Crippen LogP contribution in [0.5, 0.6) is 0 Å². The lowest BCUT2D eigenvalue weighted by molar-refractivity contribution is 0.186. The highest BCUT2D eigenvalue weighted by atomic mass is 16.3. The normalized spacial score (nSPS) is 22.8. The summed E-state index contributed by atoms with van der Waals surface area (Å²) in [5.41, 5.74) is 0. The molecular formula is C11H18NO. The molecule has 0 heterocycles. The first-order valence-electron chi connectivity index (χ1n) is 4.72. The Bertz CT molecular complexity index is 147. The minimum absolute atomic E-state index is 0.301. The maximum Gasteiger partial charge on any atom is 0.0609 e. The summed E-state index contributed by atoms with van der Waals surface area (Å²) in [5, 5.41) is 9.69. The second kappa shape index (κ2) is 4.97. The molecular weight excluding hydrogens is 162 g/mol. The second-order valence-electron chi connectivity index (χ2n) is 3.67. The molecule has 1 aliphatic carbocycles. The van der Waals surface area contributed by atoms with Gasteiger partial charge in [0.25, 0.3) is 0 Å². The predicted molar refractivity (Wildman–Crippen MR) is 54.2 cm³/mol. The molecule has 1 aliphatic rings. The number of nitrogens with zero attached hydrogens (tertiary/aromatic N) is 1. The fourth-order valence-corrected chi connectivity index (χ4v) is 1.50. The molecule has 0 aromatic rings. The van der Waals surface area contributed by atoms with Crippen molar-refractivity contribution >= 4 is 0 Å². The Morgan fingerprint density at radius 1 is 1.38 bits per heavy atom. The first kappa shape index (κ1) is 11.0.